The lowest BCUT2D eigenvalue weighted by atomic mass is 10.3. The molecular formula is C11H10ClN5O. The Balaban J connectivity index is 1.95. The van der Waals surface area contributed by atoms with Crippen LogP contribution in [0.1, 0.15) is 5.76 Å². The number of furan rings is 1. The quantitative estimate of drug-likeness (QED) is 0.734. The molecule has 0 amide bonds. The van der Waals surface area contributed by atoms with Gasteiger partial charge in [0.05, 0.1) is 24.4 Å². The Hall–Kier alpha value is -2.08. The van der Waals surface area contributed by atoms with Gasteiger partial charge < -0.3 is 9.73 Å². The van der Waals surface area contributed by atoms with Crippen LogP contribution in [0.4, 0.5) is 5.82 Å². The minimum atomic E-state index is 0.188. The molecule has 0 saturated heterocycles. The largest absolute Gasteiger partial charge is 0.467 e. The monoisotopic (exact) mass is 263 g/mol. The van der Waals surface area contributed by atoms with Crippen molar-refractivity contribution in [2.45, 2.75) is 6.54 Å². The summed E-state index contributed by atoms with van der Waals surface area (Å²) in [5.41, 5.74) is 0.692. The summed E-state index contributed by atoms with van der Waals surface area (Å²) < 4.78 is 6.90. The average Bonchev–Trinajstić information content (AvgIpc) is 2.97. The van der Waals surface area contributed by atoms with Crippen LogP contribution in [-0.4, -0.2) is 19.7 Å². The second-order valence-corrected chi connectivity index (χ2v) is 4.12. The van der Waals surface area contributed by atoms with Crippen LogP contribution in [0.3, 0.4) is 0 Å². The van der Waals surface area contributed by atoms with Gasteiger partial charge in [-0.25, -0.2) is 0 Å². The summed E-state index contributed by atoms with van der Waals surface area (Å²) in [6.45, 7) is 0.532. The molecule has 0 aromatic carbocycles. The number of aryl methyl sites for hydroxylation is 1. The topological polar surface area (TPSA) is 68.8 Å². The Labute approximate surface area is 108 Å². The maximum absolute atomic E-state index is 5.89. The van der Waals surface area contributed by atoms with Crippen molar-refractivity contribution in [2.75, 3.05) is 5.32 Å². The van der Waals surface area contributed by atoms with Crippen molar-refractivity contribution in [3.8, 4) is 0 Å². The SMILES string of the molecule is Cn1ncc2c(NCc3ccco3)nc(Cl)nc21. The van der Waals surface area contributed by atoms with Crippen LogP contribution in [0.25, 0.3) is 11.0 Å². The summed E-state index contributed by atoms with van der Waals surface area (Å²) in [5, 5.41) is 8.31. The summed E-state index contributed by atoms with van der Waals surface area (Å²) in [7, 11) is 1.81. The highest BCUT2D eigenvalue weighted by molar-refractivity contribution is 6.28. The maximum Gasteiger partial charge on any atom is 0.226 e. The minimum Gasteiger partial charge on any atom is -0.467 e. The second-order valence-electron chi connectivity index (χ2n) is 3.78. The van der Waals surface area contributed by atoms with Crippen molar-refractivity contribution in [3.63, 3.8) is 0 Å². The van der Waals surface area contributed by atoms with E-state index >= 15 is 0 Å². The predicted molar refractivity (Wildman–Crippen MR) is 67.3 cm³/mol. The third kappa shape index (κ3) is 1.91. The highest BCUT2D eigenvalue weighted by atomic mass is 35.5. The number of halogens is 1. The van der Waals surface area contributed by atoms with Crippen molar-refractivity contribution < 1.29 is 4.42 Å². The predicted octanol–water partition coefficient (Wildman–Crippen LogP) is 2.22. The zero-order valence-corrected chi connectivity index (χ0v) is 10.3. The van der Waals surface area contributed by atoms with Gasteiger partial charge in [-0.15, -0.1) is 0 Å². The Morgan fingerprint density at radius 2 is 2.33 bits per heavy atom. The number of nitrogens with one attached hydrogen (secondary N) is 1. The molecule has 3 rings (SSSR count). The van der Waals surface area contributed by atoms with Crippen LogP contribution in [0.15, 0.2) is 29.0 Å². The summed E-state index contributed by atoms with van der Waals surface area (Å²) in [4.78, 5) is 8.29. The molecule has 0 radical (unpaired) electrons. The molecule has 6 nitrogen and oxygen atoms in total. The number of aromatic nitrogens is 4. The van der Waals surface area contributed by atoms with E-state index in [0.29, 0.717) is 18.0 Å². The van der Waals surface area contributed by atoms with Gasteiger partial charge in [-0.3, -0.25) is 4.68 Å². The van der Waals surface area contributed by atoms with Crippen molar-refractivity contribution in [3.05, 3.63) is 35.6 Å². The summed E-state index contributed by atoms with van der Waals surface area (Å²) >= 11 is 5.89. The van der Waals surface area contributed by atoms with Gasteiger partial charge in [0, 0.05) is 7.05 Å². The zero-order valence-electron chi connectivity index (χ0n) is 9.59. The zero-order chi connectivity index (χ0) is 12.5. The normalized spacial score (nSPS) is 11.0. The van der Waals surface area contributed by atoms with Gasteiger partial charge >= 0.3 is 0 Å². The van der Waals surface area contributed by atoms with Crippen molar-refractivity contribution in [2.24, 2.45) is 7.05 Å². The molecule has 0 bridgehead atoms. The van der Waals surface area contributed by atoms with E-state index in [-0.39, 0.29) is 5.28 Å². The molecule has 3 aromatic heterocycles. The van der Waals surface area contributed by atoms with Gasteiger partial charge in [0.25, 0.3) is 0 Å². The van der Waals surface area contributed by atoms with Gasteiger partial charge in [0.2, 0.25) is 5.28 Å². The van der Waals surface area contributed by atoms with E-state index in [4.69, 9.17) is 16.0 Å². The van der Waals surface area contributed by atoms with Gasteiger partial charge in [0.15, 0.2) is 5.65 Å². The fourth-order valence-corrected chi connectivity index (χ4v) is 1.88. The fourth-order valence-electron chi connectivity index (χ4n) is 1.71. The first kappa shape index (κ1) is 11.0. The van der Waals surface area contributed by atoms with Crippen molar-refractivity contribution in [1.29, 1.82) is 0 Å². The lowest BCUT2D eigenvalue weighted by Gasteiger charge is -2.05. The van der Waals surface area contributed by atoms with E-state index in [0.717, 1.165) is 11.1 Å². The minimum absolute atomic E-state index is 0.188. The second kappa shape index (κ2) is 4.30. The Bertz CT molecular complexity index is 676. The van der Waals surface area contributed by atoms with Crippen LogP contribution in [-0.2, 0) is 13.6 Å². The van der Waals surface area contributed by atoms with Gasteiger partial charge in [-0.2, -0.15) is 15.1 Å². The number of nitrogens with zero attached hydrogens (tertiary/aromatic N) is 4. The van der Waals surface area contributed by atoms with Crippen LogP contribution in [0.5, 0.6) is 0 Å². The lowest BCUT2D eigenvalue weighted by Crippen LogP contribution is -2.02. The molecule has 0 aliphatic rings. The molecule has 0 unspecified atom stereocenters. The molecule has 92 valence electrons. The van der Waals surface area contributed by atoms with Crippen LogP contribution in [0, 0.1) is 0 Å². The molecule has 7 heteroatoms. The highest BCUT2D eigenvalue weighted by Crippen LogP contribution is 2.21. The van der Waals surface area contributed by atoms with Crippen LogP contribution < -0.4 is 5.32 Å². The summed E-state index contributed by atoms with van der Waals surface area (Å²) in [6, 6.07) is 3.72. The molecule has 0 spiro atoms. The summed E-state index contributed by atoms with van der Waals surface area (Å²) in [5.74, 6) is 1.47. The molecule has 0 aliphatic heterocycles. The first-order chi connectivity index (χ1) is 8.74. The molecule has 3 heterocycles. The molecule has 0 aliphatic carbocycles. The van der Waals surface area contributed by atoms with Crippen molar-refractivity contribution in [1.82, 2.24) is 19.7 Å². The van der Waals surface area contributed by atoms with Crippen LogP contribution >= 0.6 is 11.6 Å². The highest BCUT2D eigenvalue weighted by Gasteiger charge is 2.10. The molecule has 1 N–H and O–H groups in total. The Morgan fingerprint density at radius 3 is 3.11 bits per heavy atom. The van der Waals surface area contributed by atoms with E-state index in [1.165, 1.54) is 0 Å². The Morgan fingerprint density at radius 1 is 1.44 bits per heavy atom. The molecule has 3 aromatic rings. The smallest absolute Gasteiger partial charge is 0.226 e. The standard InChI is InChI=1S/C11H10ClN5O/c1-17-10-8(6-14-17)9(15-11(12)16-10)13-5-7-3-2-4-18-7/h2-4,6H,5H2,1H3,(H,13,15,16). The van der Waals surface area contributed by atoms with E-state index in [9.17, 15) is 0 Å². The van der Waals surface area contributed by atoms with E-state index < -0.39 is 0 Å². The number of fused-ring (bicyclic) bond motifs is 1. The van der Waals surface area contributed by atoms with E-state index in [1.54, 1.807) is 17.1 Å². The summed E-state index contributed by atoms with van der Waals surface area (Å²) in [6.07, 6.45) is 3.33. The lowest BCUT2D eigenvalue weighted by molar-refractivity contribution is 0.518. The fraction of sp³-hybridized carbons (Fsp3) is 0.182. The third-order valence-corrected chi connectivity index (χ3v) is 2.74. The first-order valence-corrected chi connectivity index (χ1v) is 5.73. The molecule has 0 fully saturated rings. The Kier molecular flexibility index (Phi) is 2.64. The molecule has 18 heavy (non-hydrogen) atoms. The number of rotatable bonds is 3. The van der Waals surface area contributed by atoms with Gasteiger partial charge in [-0.1, -0.05) is 0 Å². The molecule has 0 saturated carbocycles. The average molecular weight is 264 g/mol. The van der Waals surface area contributed by atoms with Gasteiger partial charge in [-0.05, 0) is 23.7 Å². The van der Waals surface area contributed by atoms with Crippen molar-refractivity contribution >= 4 is 28.5 Å². The van der Waals surface area contributed by atoms with E-state index in [2.05, 4.69) is 20.4 Å². The number of hydrogen-bond acceptors (Lipinski definition) is 5. The maximum atomic E-state index is 5.89. The van der Waals surface area contributed by atoms with E-state index in [1.807, 2.05) is 19.2 Å². The number of anilines is 1. The molecule has 0 atom stereocenters. The van der Waals surface area contributed by atoms with Gasteiger partial charge in [0.1, 0.15) is 11.6 Å². The van der Waals surface area contributed by atoms with Crippen LogP contribution in [0.2, 0.25) is 5.28 Å². The number of hydrogen-bond donors (Lipinski definition) is 1. The molecular weight excluding hydrogens is 254 g/mol. The third-order valence-electron chi connectivity index (χ3n) is 2.57. The first-order valence-electron chi connectivity index (χ1n) is 5.35.